The van der Waals surface area contributed by atoms with Crippen LogP contribution in [0.1, 0.15) is 16.7 Å². The number of hydrogen-bond acceptors (Lipinski definition) is 5. The quantitative estimate of drug-likeness (QED) is 0.476. The van der Waals surface area contributed by atoms with Crippen LogP contribution in [0.4, 0.5) is 5.82 Å². The van der Waals surface area contributed by atoms with Crippen molar-refractivity contribution in [2.75, 3.05) is 18.0 Å². The lowest BCUT2D eigenvalue weighted by Gasteiger charge is -2.23. The third kappa shape index (κ3) is 3.77. The Balaban J connectivity index is 1.58. The molecule has 4 aromatic rings. The van der Waals surface area contributed by atoms with Gasteiger partial charge in [-0.2, -0.15) is 0 Å². The van der Waals surface area contributed by atoms with Crippen LogP contribution in [0, 0.1) is 6.92 Å². The average Bonchev–Trinajstić information content (AvgIpc) is 3.04. The summed E-state index contributed by atoms with van der Waals surface area (Å²) in [6, 6.07) is 17.8. The van der Waals surface area contributed by atoms with Crippen molar-refractivity contribution < 1.29 is 13.2 Å². The van der Waals surface area contributed by atoms with Gasteiger partial charge in [0.25, 0.3) is 15.6 Å². The number of aromatic nitrogens is 3. The molecule has 8 nitrogen and oxygen atoms in total. The predicted octanol–water partition coefficient (Wildman–Crippen LogP) is 3.36. The fourth-order valence-corrected chi connectivity index (χ4v) is 5.66. The average molecular weight is 477 g/mol. The van der Waals surface area contributed by atoms with Gasteiger partial charge in [0.2, 0.25) is 0 Å². The summed E-state index contributed by atoms with van der Waals surface area (Å²) in [5.74, 6) is 1.02. The molecule has 0 spiro atoms. The maximum atomic E-state index is 13.5. The van der Waals surface area contributed by atoms with Crippen LogP contribution in [0.5, 0.6) is 5.75 Å². The molecule has 2 aromatic carbocycles. The van der Waals surface area contributed by atoms with E-state index in [0.717, 1.165) is 11.1 Å². The maximum absolute atomic E-state index is 13.5. The molecule has 0 aliphatic carbocycles. The van der Waals surface area contributed by atoms with E-state index in [2.05, 4.69) is 10.1 Å². The molecule has 0 saturated heterocycles. The number of sulfonamides is 1. The zero-order valence-electron chi connectivity index (χ0n) is 18.9. The molecular weight excluding hydrogens is 452 g/mol. The molecule has 0 saturated carbocycles. The number of hydrogen-bond donors (Lipinski definition) is 1. The summed E-state index contributed by atoms with van der Waals surface area (Å²) < 4.78 is 35.2. The number of fused-ring (bicyclic) bond motifs is 3. The summed E-state index contributed by atoms with van der Waals surface area (Å²) in [5, 5.41) is 3.21. The normalized spacial score (nSPS) is 13.2. The molecule has 0 atom stereocenters. The highest BCUT2D eigenvalue weighted by Gasteiger charge is 2.33. The van der Waals surface area contributed by atoms with Gasteiger partial charge in [0.15, 0.2) is 5.82 Å². The number of rotatable bonds is 5. The zero-order chi connectivity index (χ0) is 23.9. The van der Waals surface area contributed by atoms with Crippen LogP contribution in [0.3, 0.4) is 0 Å². The van der Waals surface area contributed by atoms with Crippen molar-refractivity contribution in [1.82, 2.24) is 14.8 Å². The Hall–Kier alpha value is -3.85. The Morgan fingerprint density at radius 2 is 1.88 bits per heavy atom. The lowest BCUT2D eigenvalue weighted by atomic mass is 10.1. The van der Waals surface area contributed by atoms with E-state index in [0.29, 0.717) is 34.9 Å². The Labute approximate surface area is 197 Å². The van der Waals surface area contributed by atoms with Gasteiger partial charge in [0.1, 0.15) is 5.75 Å². The Bertz CT molecular complexity index is 1520. The van der Waals surface area contributed by atoms with Gasteiger partial charge >= 0.3 is 0 Å². The number of anilines is 1. The molecule has 0 fully saturated rings. The molecule has 2 aromatic heterocycles. The number of benzene rings is 2. The first-order valence-electron chi connectivity index (χ1n) is 10.9. The summed E-state index contributed by atoms with van der Waals surface area (Å²) in [5.41, 5.74) is 3.42. The number of ether oxygens (including phenoxy) is 1. The van der Waals surface area contributed by atoms with Gasteiger partial charge in [-0.25, -0.2) is 22.4 Å². The second-order valence-electron chi connectivity index (χ2n) is 8.22. The molecule has 1 aliphatic rings. The van der Waals surface area contributed by atoms with E-state index >= 15 is 0 Å². The molecule has 0 radical (unpaired) electrons. The first-order valence-corrected chi connectivity index (χ1v) is 12.3. The molecule has 5 rings (SSSR count). The summed E-state index contributed by atoms with van der Waals surface area (Å²) >= 11 is 0. The fraction of sp³-hybridized carbons (Fsp3) is 0.200. The molecule has 0 bridgehead atoms. The number of aromatic amines is 1. The number of methoxy groups -OCH3 is 1. The molecule has 1 aliphatic heterocycles. The first kappa shape index (κ1) is 22.0. The van der Waals surface area contributed by atoms with E-state index in [1.165, 1.54) is 4.31 Å². The predicted molar refractivity (Wildman–Crippen MR) is 130 cm³/mol. The van der Waals surface area contributed by atoms with Crippen molar-refractivity contribution in [1.29, 1.82) is 0 Å². The van der Waals surface area contributed by atoms with Gasteiger partial charge in [-0.1, -0.05) is 29.8 Å². The molecule has 0 amide bonds. The van der Waals surface area contributed by atoms with E-state index in [4.69, 9.17) is 4.74 Å². The van der Waals surface area contributed by atoms with Gasteiger partial charge in [-0.15, -0.1) is 0 Å². The smallest absolute Gasteiger partial charge is 0.270 e. The highest BCUT2D eigenvalue weighted by Crippen LogP contribution is 2.35. The molecule has 1 N–H and O–H groups in total. The molecule has 174 valence electrons. The highest BCUT2D eigenvalue weighted by atomic mass is 32.2. The third-order valence-electron chi connectivity index (χ3n) is 5.99. The molecule has 3 heterocycles. The lowest BCUT2D eigenvalue weighted by Crippen LogP contribution is -2.34. The summed E-state index contributed by atoms with van der Waals surface area (Å²) in [6.45, 7) is 2.35. The second kappa shape index (κ2) is 8.49. The van der Waals surface area contributed by atoms with Crippen LogP contribution in [-0.2, 0) is 23.0 Å². The van der Waals surface area contributed by atoms with Crippen LogP contribution in [-0.4, -0.2) is 36.8 Å². The maximum Gasteiger partial charge on any atom is 0.270 e. The minimum absolute atomic E-state index is 0.111. The topological polar surface area (TPSA) is 97.3 Å². The Morgan fingerprint density at radius 3 is 2.65 bits per heavy atom. The van der Waals surface area contributed by atoms with E-state index in [1.54, 1.807) is 54.4 Å². The number of pyridine rings is 1. The number of H-pyrrole nitrogens is 1. The van der Waals surface area contributed by atoms with Gasteiger partial charge in [-0.05, 0) is 55.3 Å². The van der Waals surface area contributed by atoms with Gasteiger partial charge in [0, 0.05) is 23.9 Å². The Kier molecular flexibility index (Phi) is 5.49. The van der Waals surface area contributed by atoms with Crippen LogP contribution in [0.2, 0.25) is 0 Å². The van der Waals surface area contributed by atoms with Crippen LogP contribution >= 0.6 is 0 Å². The van der Waals surface area contributed by atoms with E-state index in [-0.39, 0.29) is 23.4 Å². The molecular formula is C25H24N4O4S. The van der Waals surface area contributed by atoms with Gasteiger partial charge in [0.05, 0.1) is 24.2 Å². The number of nitrogens with zero attached hydrogens (tertiary/aromatic N) is 3. The van der Waals surface area contributed by atoms with Gasteiger partial charge in [-0.3, -0.25) is 9.89 Å². The van der Waals surface area contributed by atoms with E-state index in [1.807, 2.05) is 31.2 Å². The highest BCUT2D eigenvalue weighted by molar-refractivity contribution is 7.92. The fourth-order valence-electron chi connectivity index (χ4n) is 4.22. The second-order valence-corrected chi connectivity index (χ2v) is 10.1. The SMILES string of the molecule is COc1cccc(Cn2[nH]c3c(c2=O)CCN(S(=O)(=O)c2ccc(C)cc2)c2ncccc2-3)c1. The molecule has 34 heavy (non-hydrogen) atoms. The molecule has 9 heteroatoms. The summed E-state index contributed by atoms with van der Waals surface area (Å²) in [4.78, 5) is 17.9. The zero-order valence-corrected chi connectivity index (χ0v) is 19.7. The summed E-state index contributed by atoms with van der Waals surface area (Å²) in [7, 11) is -2.26. The minimum Gasteiger partial charge on any atom is -0.497 e. The van der Waals surface area contributed by atoms with Crippen LogP contribution in [0.15, 0.2) is 76.6 Å². The van der Waals surface area contributed by atoms with Crippen molar-refractivity contribution in [3.8, 4) is 17.0 Å². The summed E-state index contributed by atoms with van der Waals surface area (Å²) in [6.07, 6.45) is 1.82. The van der Waals surface area contributed by atoms with Crippen molar-refractivity contribution >= 4 is 15.8 Å². The standard InChI is InChI=1S/C25H24N4O4S/c1-17-8-10-20(11-9-17)34(31,32)29-14-12-22-23(21-7-4-13-26-24(21)29)27-28(25(22)30)16-18-5-3-6-19(15-18)33-2/h3-11,13,15,27H,12,14,16H2,1-2H3. The Morgan fingerprint density at radius 1 is 1.09 bits per heavy atom. The van der Waals surface area contributed by atoms with Crippen LogP contribution < -0.4 is 14.6 Å². The van der Waals surface area contributed by atoms with Crippen molar-refractivity contribution in [2.24, 2.45) is 0 Å². The monoisotopic (exact) mass is 476 g/mol. The van der Waals surface area contributed by atoms with Gasteiger partial charge < -0.3 is 4.74 Å². The van der Waals surface area contributed by atoms with Crippen molar-refractivity contribution in [3.05, 3.63) is 93.9 Å². The van der Waals surface area contributed by atoms with Crippen LogP contribution in [0.25, 0.3) is 11.3 Å². The third-order valence-corrected chi connectivity index (χ3v) is 7.80. The van der Waals surface area contributed by atoms with Crippen molar-refractivity contribution in [2.45, 2.75) is 24.8 Å². The first-order chi connectivity index (χ1) is 16.4. The van der Waals surface area contributed by atoms with E-state index < -0.39 is 10.0 Å². The number of nitrogens with one attached hydrogen (secondary N) is 1. The number of aryl methyl sites for hydroxylation is 1. The molecule has 0 unspecified atom stereocenters. The van der Waals surface area contributed by atoms with Crippen molar-refractivity contribution in [3.63, 3.8) is 0 Å². The minimum atomic E-state index is -3.86. The largest absolute Gasteiger partial charge is 0.497 e. The lowest BCUT2D eigenvalue weighted by molar-refractivity contribution is 0.414. The van der Waals surface area contributed by atoms with E-state index in [9.17, 15) is 13.2 Å².